The fraction of sp³-hybridized carbons (Fsp3) is 0.364. The van der Waals surface area contributed by atoms with E-state index >= 15 is 0 Å². The molecule has 74 valence electrons. The summed E-state index contributed by atoms with van der Waals surface area (Å²) >= 11 is 0. The van der Waals surface area contributed by atoms with Crippen LogP contribution in [0, 0.1) is 17.2 Å². The molecule has 14 heavy (non-hydrogen) atoms. The molecule has 0 fully saturated rings. The van der Waals surface area contributed by atoms with Crippen molar-refractivity contribution in [2.75, 3.05) is 5.73 Å². The number of anilines is 1. The minimum absolute atomic E-state index is 0.106. The van der Waals surface area contributed by atoms with Crippen LogP contribution in [0.1, 0.15) is 31.0 Å². The van der Waals surface area contributed by atoms with Crippen molar-refractivity contribution in [1.29, 1.82) is 5.26 Å². The molecule has 3 heteroatoms. The summed E-state index contributed by atoms with van der Waals surface area (Å²) in [6.45, 7) is 4.06. The molecule has 0 heterocycles. The van der Waals surface area contributed by atoms with Crippen LogP contribution in [0.15, 0.2) is 18.2 Å². The van der Waals surface area contributed by atoms with Crippen molar-refractivity contribution in [2.24, 2.45) is 11.7 Å². The normalized spacial score (nSPS) is 12.5. The first-order chi connectivity index (χ1) is 6.56. The average molecular weight is 189 g/mol. The molecule has 0 radical (unpaired) electrons. The molecular weight excluding hydrogens is 174 g/mol. The lowest BCUT2D eigenvalue weighted by atomic mass is 9.93. The predicted octanol–water partition coefficient (Wildman–Crippen LogP) is 1.80. The van der Waals surface area contributed by atoms with Gasteiger partial charge in [0.2, 0.25) is 0 Å². The van der Waals surface area contributed by atoms with Crippen molar-refractivity contribution < 1.29 is 0 Å². The first-order valence-corrected chi connectivity index (χ1v) is 4.61. The number of nitrogens with two attached hydrogens (primary N) is 2. The van der Waals surface area contributed by atoms with Gasteiger partial charge in [-0.25, -0.2) is 0 Å². The van der Waals surface area contributed by atoms with E-state index in [9.17, 15) is 0 Å². The van der Waals surface area contributed by atoms with E-state index in [0.29, 0.717) is 17.2 Å². The topological polar surface area (TPSA) is 75.8 Å². The summed E-state index contributed by atoms with van der Waals surface area (Å²) in [5.41, 5.74) is 13.6. The Kier molecular flexibility index (Phi) is 3.10. The Hall–Kier alpha value is -1.53. The number of benzene rings is 1. The number of hydrogen-bond donors (Lipinski definition) is 2. The Balaban J connectivity index is 3.16. The van der Waals surface area contributed by atoms with E-state index in [1.807, 2.05) is 19.9 Å². The molecule has 1 rings (SSSR count). The minimum Gasteiger partial charge on any atom is -0.399 e. The van der Waals surface area contributed by atoms with Crippen LogP contribution < -0.4 is 11.5 Å². The van der Waals surface area contributed by atoms with Gasteiger partial charge in [-0.3, -0.25) is 0 Å². The van der Waals surface area contributed by atoms with Gasteiger partial charge in [-0.05, 0) is 23.6 Å². The number of nitrogens with zero attached hydrogens (tertiary/aromatic N) is 1. The number of rotatable bonds is 2. The largest absolute Gasteiger partial charge is 0.399 e. The zero-order chi connectivity index (χ0) is 10.7. The molecule has 0 saturated carbocycles. The maximum atomic E-state index is 8.91. The molecule has 0 aromatic heterocycles. The number of hydrogen-bond acceptors (Lipinski definition) is 3. The van der Waals surface area contributed by atoms with E-state index in [0.717, 1.165) is 5.56 Å². The lowest BCUT2D eigenvalue weighted by Gasteiger charge is -2.17. The van der Waals surface area contributed by atoms with Crippen molar-refractivity contribution >= 4 is 5.69 Å². The molecule has 1 atom stereocenters. The van der Waals surface area contributed by atoms with E-state index < -0.39 is 0 Å². The molecule has 3 nitrogen and oxygen atoms in total. The summed E-state index contributed by atoms with van der Waals surface area (Å²) in [6, 6.07) is 7.28. The summed E-state index contributed by atoms with van der Waals surface area (Å²) in [6.07, 6.45) is 0. The second kappa shape index (κ2) is 4.12. The zero-order valence-electron chi connectivity index (χ0n) is 8.49. The molecule has 0 unspecified atom stereocenters. The summed E-state index contributed by atoms with van der Waals surface area (Å²) in [4.78, 5) is 0. The average Bonchev–Trinajstić information content (AvgIpc) is 2.16. The fourth-order valence-corrected chi connectivity index (χ4v) is 1.32. The highest BCUT2D eigenvalue weighted by Gasteiger charge is 2.14. The Morgan fingerprint density at radius 1 is 1.36 bits per heavy atom. The van der Waals surface area contributed by atoms with Crippen molar-refractivity contribution in [1.82, 2.24) is 0 Å². The molecule has 0 aliphatic carbocycles. The highest BCUT2D eigenvalue weighted by molar-refractivity contribution is 5.50. The predicted molar refractivity (Wildman–Crippen MR) is 57.3 cm³/mol. The van der Waals surface area contributed by atoms with Crippen LogP contribution in [0.3, 0.4) is 0 Å². The summed E-state index contributed by atoms with van der Waals surface area (Å²) in [7, 11) is 0. The number of nitriles is 1. The van der Waals surface area contributed by atoms with Crippen LogP contribution in [0.2, 0.25) is 0 Å². The summed E-state index contributed by atoms with van der Waals surface area (Å²) in [5.74, 6) is 0.311. The van der Waals surface area contributed by atoms with Gasteiger partial charge in [0.25, 0.3) is 0 Å². The Morgan fingerprint density at radius 2 is 2.00 bits per heavy atom. The maximum Gasteiger partial charge on any atom is 0.0995 e. The van der Waals surface area contributed by atoms with Gasteiger partial charge in [0, 0.05) is 11.7 Å². The molecule has 1 aromatic rings. The lowest BCUT2D eigenvalue weighted by Crippen LogP contribution is -2.18. The third-order valence-electron chi connectivity index (χ3n) is 2.28. The highest BCUT2D eigenvalue weighted by atomic mass is 14.6. The van der Waals surface area contributed by atoms with E-state index in [2.05, 4.69) is 6.07 Å². The smallest absolute Gasteiger partial charge is 0.0995 e. The molecule has 0 saturated heterocycles. The molecule has 1 aromatic carbocycles. The number of nitrogen functional groups attached to an aromatic ring is 1. The van der Waals surface area contributed by atoms with Crippen LogP contribution in [0.25, 0.3) is 0 Å². The van der Waals surface area contributed by atoms with E-state index in [1.54, 1.807) is 12.1 Å². The van der Waals surface area contributed by atoms with Crippen molar-refractivity contribution in [3.8, 4) is 6.07 Å². The van der Waals surface area contributed by atoms with Gasteiger partial charge in [0.05, 0.1) is 11.6 Å². The minimum atomic E-state index is -0.106. The van der Waals surface area contributed by atoms with Crippen molar-refractivity contribution in [3.63, 3.8) is 0 Å². The van der Waals surface area contributed by atoms with Gasteiger partial charge in [-0.15, -0.1) is 0 Å². The third-order valence-corrected chi connectivity index (χ3v) is 2.28. The quantitative estimate of drug-likeness (QED) is 0.696. The van der Waals surface area contributed by atoms with Gasteiger partial charge < -0.3 is 11.5 Å². The highest BCUT2D eigenvalue weighted by Crippen LogP contribution is 2.23. The lowest BCUT2D eigenvalue weighted by molar-refractivity contribution is 0.513. The molecular formula is C11H15N3. The van der Waals surface area contributed by atoms with Crippen LogP contribution in [0.4, 0.5) is 5.69 Å². The molecule has 0 aliphatic rings. The van der Waals surface area contributed by atoms with E-state index in [4.69, 9.17) is 16.7 Å². The van der Waals surface area contributed by atoms with Crippen molar-refractivity contribution in [2.45, 2.75) is 19.9 Å². The summed E-state index contributed by atoms with van der Waals surface area (Å²) in [5, 5.41) is 8.91. The van der Waals surface area contributed by atoms with Gasteiger partial charge >= 0.3 is 0 Å². The second-order valence-corrected chi connectivity index (χ2v) is 3.73. The van der Waals surface area contributed by atoms with Gasteiger partial charge in [-0.2, -0.15) is 5.26 Å². The SMILES string of the molecule is CC(C)[C@@H](N)c1ccc(N)cc1C#N. The van der Waals surface area contributed by atoms with E-state index in [1.165, 1.54) is 0 Å². The fourth-order valence-electron chi connectivity index (χ4n) is 1.32. The van der Waals surface area contributed by atoms with Crippen molar-refractivity contribution in [3.05, 3.63) is 29.3 Å². The first-order valence-electron chi connectivity index (χ1n) is 4.61. The standard InChI is InChI=1S/C11H15N3/c1-7(2)11(14)10-4-3-9(13)5-8(10)6-12/h3-5,7,11H,13-14H2,1-2H3/t11-/m1/s1. The Bertz CT molecular complexity index is 363. The molecule has 0 bridgehead atoms. The van der Waals surface area contributed by atoms with E-state index in [-0.39, 0.29) is 6.04 Å². The molecule has 0 spiro atoms. The van der Waals surface area contributed by atoms with Crippen LogP contribution in [-0.2, 0) is 0 Å². The van der Waals surface area contributed by atoms with Crippen LogP contribution >= 0.6 is 0 Å². The van der Waals surface area contributed by atoms with Gasteiger partial charge in [0.15, 0.2) is 0 Å². The Labute approximate surface area is 84.3 Å². The monoisotopic (exact) mass is 189 g/mol. The van der Waals surface area contributed by atoms with Crippen LogP contribution in [0.5, 0.6) is 0 Å². The van der Waals surface area contributed by atoms with Gasteiger partial charge in [-0.1, -0.05) is 19.9 Å². The third kappa shape index (κ3) is 2.04. The van der Waals surface area contributed by atoms with Crippen LogP contribution in [-0.4, -0.2) is 0 Å². The zero-order valence-corrected chi connectivity index (χ0v) is 8.49. The second-order valence-electron chi connectivity index (χ2n) is 3.73. The first kappa shape index (κ1) is 10.6. The molecule has 4 N–H and O–H groups in total. The van der Waals surface area contributed by atoms with Gasteiger partial charge in [0.1, 0.15) is 0 Å². The summed E-state index contributed by atoms with van der Waals surface area (Å²) < 4.78 is 0. The maximum absolute atomic E-state index is 8.91. The molecule has 0 amide bonds. The molecule has 0 aliphatic heterocycles. The Morgan fingerprint density at radius 3 is 2.50 bits per heavy atom.